The van der Waals surface area contributed by atoms with Crippen molar-refractivity contribution in [3.05, 3.63) is 48.4 Å². The lowest BCUT2D eigenvalue weighted by Crippen LogP contribution is -2.38. The molecule has 0 atom stereocenters. The van der Waals surface area contributed by atoms with Gasteiger partial charge in [0, 0.05) is 23.8 Å². The second-order valence-electron chi connectivity index (χ2n) is 6.21. The van der Waals surface area contributed by atoms with E-state index < -0.39 is 0 Å². The van der Waals surface area contributed by atoms with Crippen molar-refractivity contribution >= 4 is 17.7 Å². The van der Waals surface area contributed by atoms with E-state index in [-0.39, 0.29) is 5.91 Å². The normalized spacial score (nSPS) is 15.9. The lowest BCUT2D eigenvalue weighted by Gasteiger charge is -2.31. The molecule has 1 aromatic heterocycles. The molecule has 2 heterocycles. The first-order chi connectivity index (χ1) is 12.3. The van der Waals surface area contributed by atoms with Gasteiger partial charge in [-0.05, 0) is 50.5 Å². The van der Waals surface area contributed by atoms with Crippen molar-refractivity contribution in [2.75, 3.05) is 26.2 Å². The molecule has 5 nitrogen and oxygen atoms in total. The highest BCUT2D eigenvalue weighted by atomic mass is 32.2. The number of aromatic nitrogens is 2. The van der Waals surface area contributed by atoms with Crippen LogP contribution in [0.15, 0.2) is 52.6 Å². The molecule has 2 aromatic rings. The van der Waals surface area contributed by atoms with Crippen molar-refractivity contribution in [1.29, 1.82) is 0 Å². The average molecular weight is 356 g/mol. The number of nitrogens with one attached hydrogen (secondary N) is 1. The van der Waals surface area contributed by atoms with Crippen LogP contribution >= 0.6 is 11.8 Å². The Balaban J connectivity index is 1.59. The third kappa shape index (κ3) is 5.03. The highest BCUT2D eigenvalue weighted by molar-refractivity contribution is 7.99. The van der Waals surface area contributed by atoms with Crippen molar-refractivity contribution in [2.24, 2.45) is 5.92 Å². The van der Waals surface area contributed by atoms with Crippen LogP contribution in [0, 0.1) is 5.92 Å². The molecule has 0 aliphatic carbocycles. The summed E-state index contributed by atoms with van der Waals surface area (Å²) in [6.45, 7) is 6.26. The minimum absolute atomic E-state index is 0.135. The standard InChI is InChI=1S/C19H24N4OS/c1-2-23-12-8-15(9-13-23)14-22-18(24)17-19(21-11-10-20-17)25-16-6-4-3-5-7-16/h3-7,10-11,15H,2,8-9,12-14H2,1H3,(H,22,24). The summed E-state index contributed by atoms with van der Waals surface area (Å²) in [6.07, 6.45) is 5.48. The van der Waals surface area contributed by atoms with E-state index in [1.165, 1.54) is 11.8 Å². The molecule has 0 spiro atoms. The van der Waals surface area contributed by atoms with E-state index in [0.29, 0.717) is 23.2 Å². The number of piperidine rings is 1. The highest BCUT2D eigenvalue weighted by Crippen LogP contribution is 2.27. The number of nitrogens with zero attached hydrogens (tertiary/aromatic N) is 3. The van der Waals surface area contributed by atoms with Gasteiger partial charge in [-0.15, -0.1) is 0 Å². The van der Waals surface area contributed by atoms with E-state index in [9.17, 15) is 4.79 Å². The van der Waals surface area contributed by atoms with Crippen LogP contribution in [0.1, 0.15) is 30.3 Å². The molecule has 1 aromatic carbocycles. The Morgan fingerprint density at radius 2 is 1.92 bits per heavy atom. The Labute approximate surface area is 153 Å². The second-order valence-corrected chi connectivity index (χ2v) is 7.28. The fourth-order valence-electron chi connectivity index (χ4n) is 2.98. The van der Waals surface area contributed by atoms with E-state index in [1.807, 2.05) is 30.3 Å². The molecule has 1 fully saturated rings. The van der Waals surface area contributed by atoms with Gasteiger partial charge < -0.3 is 10.2 Å². The average Bonchev–Trinajstić information content (AvgIpc) is 2.68. The summed E-state index contributed by atoms with van der Waals surface area (Å²) in [5.41, 5.74) is 0.405. The van der Waals surface area contributed by atoms with Gasteiger partial charge in [0.2, 0.25) is 0 Å². The van der Waals surface area contributed by atoms with E-state index in [0.717, 1.165) is 37.4 Å². The molecule has 3 rings (SSSR count). The lowest BCUT2D eigenvalue weighted by atomic mass is 9.97. The van der Waals surface area contributed by atoms with Gasteiger partial charge in [-0.1, -0.05) is 36.9 Å². The third-order valence-corrected chi connectivity index (χ3v) is 5.54. The number of carbonyl (C=O) groups excluding carboxylic acids is 1. The smallest absolute Gasteiger partial charge is 0.272 e. The monoisotopic (exact) mass is 356 g/mol. The number of amides is 1. The molecule has 0 radical (unpaired) electrons. The summed E-state index contributed by atoms with van der Waals surface area (Å²) in [5, 5.41) is 3.70. The first-order valence-electron chi connectivity index (χ1n) is 8.80. The Hall–Kier alpha value is -1.92. The molecule has 1 aliphatic rings. The second kappa shape index (κ2) is 8.97. The van der Waals surface area contributed by atoms with Crippen molar-refractivity contribution in [1.82, 2.24) is 20.2 Å². The van der Waals surface area contributed by atoms with Gasteiger partial charge >= 0.3 is 0 Å². The fourth-order valence-corrected chi connectivity index (χ4v) is 3.86. The number of rotatable bonds is 6. The van der Waals surface area contributed by atoms with Crippen molar-refractivity contribution in [3.8, 4) is 0 Å². The molecule has 1 N–H and O–H groups in total. The van der Waals surface area contributed by atoms with Crippen LogP contribution in [-0.2, 0) is 0 Å². The number of hydrogen-bond acceptors (Lipinski definition) is 5. The molecule has 0 unspecified atom stereocenters. The van der Waals surface area contributed by atoms with Gasteiger partial charge in [-0.2, -0.15) is 0 Å². The Bertz CT molecular complexity index is 687. The maximum absolute atomic E-state index is 12.6. The summed E-state index contributed by atoms with van der Waals surface area (Å²) in [7, 11) is 0. The van der Waals surface area contributed by atoms with E-state index in [4.69, 9.17) is 0 Å². The molecule has 6 heteroatoms. The molecule has 1 saturated heterocycles. The SMILES string of the molecule is CCN1CCC(CNC(=O)c2nccnc2Sc2ccccc2)CC1. The van der Waals surface area contributed by atoms with Crippen molar-refractivity contribution in [3.63, 3.8) is 0 Å². The van der Waals surface area contributed by atoms with Crippen LogP contribution in [0.3, 0.4) is 0 Å². The maximum atomic E-state index is 12.6. The van der Waals surface area contributed by atoms with Crippen molar-refractivity contribution < 1.29 is 4.79 Å². The third-order valence-electron chi connectivity index (χ3n) is 4.54. The van der Waals surface area contributed by atoms with Gasteiger partial charge in [0.25, 0.3) is 5.91 Å². The van der Waals surface area contributed by atoms with Gasteiger partial charge in [-0.25, -0.2) is 9.97 Å². The predicted octanol–water partition coefficient (Wildman–Crippen LogP) is 3.09. The maximum Gasteiger partial charge on any atom is 0.272 e. The Morgan fingerprint density at radius 1 is 1.20 bits per heavy atom. The van der Waals surface area contributed by atoms with E-state index >= 15 is 0 Å². The van der Waals surface area contributed by atoms with Gasteiger partial charge in [0.05, 0.1) is 0 Å². The number of benzene rings is 1. The summed E-state index contributed by atoms with van der Waals surface area (Å²) >= 11 is 1.47. The minimum atomic E-state index is -0.135. The summed E-state index contributed by atoms with van der Waals surface area (Å²) in [6, 6.07) is 9.92. The summed E-state index contributed by atoms with van der Waals surface area (Å²) < 4.78 is 0. The molecule has 0 bridgehead atoms. The number of carbonyl (C=O) groups is 1. The van der Waals surface area contributed by atoms with Crippen LogP contribution in [0.5, 0.6) is 0 Å². The molecular formula is C19H24N4OS. The molecule has 0 saturated carbocycles. The van der Waals surface area contributed by atoms with Crippen LogP contribution in [0.25, 0.3) is 0 Å². The highest BCUT2D eigenvalue weighted by Gasteiger charge is 2.20. The van der Waals surface area contributed by atoms with Crippen LogP contribution in [0.2, 0.25) is 0 Å². The van der Waals surface area contributed by atoms with Crippen LogP contribution < -0.4 is 5.32 Å². The summed E-state index contributed by atoms with van der Waals surface area (Å²) in [4.78, 5) is 24.7. The zero-order valence-electron chi connectivity index (χ0n) is 14.5. The molecule has 1 amide bonds. The molecule has 1 aliphatic heterocycles. The summed E-state index contributed by atoms with van der Waals surface area (Å²) in [5.74, 6) is 0.415. The Morgan fingerprint density at radius 3 is 2.64 bits per heavy atom. The predicted molar refractivity (Wildman–Crippen MR) is 99.8 cm³/mol. The zero-order chi connectivity index (χ0) is 17.5. The fraction of sp³-hybridized carbons (Fsp3) is 0.421. The first-order valence-corrected chi connectivity index (χ1v) is 9.62. The van der Waals surface area contributed by atoms with Gasteiger partial charge in [-0.3, -0.25) is 4.79 Å². The van der Waals surface area contributed by atoms with Crippen LogP contribution in [-0.4, -0.2) is 47.0 Å². The molecular weight excluding hydrogens is 332 g/mol. The topological polar surface area (TPSA) is 58.1 Å². The van der Waals surface area contributed by atoms with Gasteiger partial charge in [0.1, 0.15) is 5.03 Å². The molecule has 132 valence electrons. The first kappa shape index (κ1) is 17.9. The van der Waals surface area contributed by atoms with Crippen LogP contribution in [0.4, 0.5) is 0 Å². The number of likely N-dealkylation sites (tertiary alicyclic amines) is 1. The van der Waals surface area contributed by atoms with Gasteiger partial charge in [0.15, 0.2) is 5.69 Å². The Kier molecular flexibility index (Phi) is 6.42. The quantitative estimate of drug-likeness (QED) is 0.862. The van der Waals surface area contributed by atoms with Crippen molar-refractivity contribution in [2.45, 2.75) is 29.7 Å². The molecule has 25 heavy (non-hydrogen) atoms. The largest absolute Gasteiger partial charge is 0.350 e. The zero-order valence-corrected chi connectivity index (χ0v) is 15.3. The van der Waals surface area contributed by atoms with E-state index in [1.54, 1.807) is 12.4 Å². The lowest BCUT2D eigenvalue weighted by molar-refractivity contribution is 0.0928. The number of hydrogen-bond donors (Lipinski definition) is 1. The minimum Gasteiger partial charge on any atom is -0.350 e. The van der Waals surface area contributed by atoms with E-state index in [2.05, 4.69) is 27.1 Å².